The van der Waals surface area contributed by atoms with Gasteiger partial charge in [0.25, 0.3) is 0 Å². The lowest BCUT2D eigenvalue weighted by Crippen LogP contribution is -2.07. The van der Waals surface area contributed by atoms with Crippen molar-refractivity contribution in [2.75, 3.05) is 20.3 Å². The maximum absolute atomic E-state index is 12.3. The molecule has 0 aliphatic carbocycles. The van der Waals surface area contributed by atoms with Crippen LogP contribution in [0.4, 0.5) is 0 Å². The first kappa shape index (κ1) is 17.7. The Morgan fingerprint density at radius 1 is 0.917 bits per heavy atom. The highest BCUT2D eigenvalue weighted by atomic mass is 16.5. The van der Waals surface area contributed by atoms with Crippen molar-refractivity contribution >= 4 is 5.97 Å². The monoisotopic (exact) mass is 330 g/mol. The number of esters is 1. The average molecular weight is 330 g/mol. The van der Waals surface area contributed by atoms with E-state index in [4.69, 9.17) is 18.9 Å². The molecule has 0 saturated heterocycles. The smallest absolute Gasteiger partial charge is 0.338 e. The molecule has 24 heavy (non-hydrogen) atoms. The molecule has 0 aliphatic rings. The summed E-state index contributed by atoms with van der Waals surface area (Å²) < 4.78 is 21.6. The largest absolute Gasteiger partial charge is 0.496 e. The Bertz CT molecular complexity index is 681. The maximum Gasteiger partial charge on any atom is 0.338 e. The van der Waals surface area contributed by atoms with E-state index in [1.54, 1.807) is 25.3 Å². The van der Waals surface area contributed by atoms with Crippen LogP contribution in [0.25, 0.3) is 0 Å². The lowest BCUT2D eigenvalue weighted by molar-refractivity contribution is 0.0469. The molecule has 0 radical (unpaired) electrons. The number of para-hydroxylation sites is 1. The van der Waals surface area contributed by atoms with Gasteiger partial charge in [-0.3, -0.25) is 0 Å². The van der Waals surface area contributed by atoms with E-state index < -0.39 is 5.97 Å². The van der Waals surface area contributed by atoms with E-state index >= 15 is 0 Å². The first-order valence-electron chi connectivity index (χ1n) is 7.88. The summed E-state index contributed by atoms with van der Waals surface area (Å²) in [5, 5.41) is 0. The van der Waals surface area contributed by atoms with E-state index in [9.17, 15) is 4.79 Å². The Kier molecular flexibility index (Phi) is 6.49. The predicted octanol–water partition coefficient (Wildman–Crippen LogP) is 3.85. The number of methoxy groups -OCH3 is 1. The van der Waals surface area contributed by atoms with Crippen LogP contribution in [0, 0.1) is 0 Å². The van der Waals surface area contributed by atoms with Crippen molar-refractivity contribution in [2.24, 2.45) is 0 Å². The van der Waals surface area contributed by atoms with Gasteiger partial charge in [-0.05, 0) is 38.1 Å². The number of carbonyl (C=O) groups excluding carboxylic acids is 1. The van der Waals surface area contributed by atoms with E-state index in [0.717, 1.165) is 5.56 Å². The molecule has 0 amide bonds. The van der Waals surface area contributed by atoms with Gasteiger partial charge in [0, 0.05) is 5.56 Å². The van der Waals surface area contributed by atoms with Gasteiger partial charge in [-0.15, -0.1) is 0 Å². The molecule has 0 heterocycles. The Hall–Kier alpha value is -2.69. The first-order chi connectivity index (χ1) is 11.7. The molecule has 0 aliphatic heterocycles. The SMILES string of the molecule is CCOc1ccc(C(=O)OCc2ccccc2OC)cc1OCC. The molecular weight excluding hydrogens is 308 g/mol. The Labute approximate surface area is 142 Å². The van der Waals surface area contributed by atoms with Crippen molar-refractivity contribution in [3.05, 3.63) is 53.6 Å². The second kappa shape index (κ2) is 8.82. The standard InChI is InChI=1S/C19H22O5/c1-4-22-17-11-10-14(12-18(17)23-5-2)19(20)24-13-15-8-6-7-9-16(15)21-3/h6-12H,4-5,13H2,1-3H3. The van der Waals surface area contributed by atoms with Crippen LogP contribution in [-0.2, 0) is 11.3 Å². The van der Waals surface area contributed by atoms with E-state index in [-0.39, 0.29) is 6.61 Å². The summed E-state index contributed by atoms with van der Waals surface area (Å²) in [6, 6.07) is 12.4. The molecule has 0 bridgehead atoms. The van der Waals surface area contributed by atoms with Crippen LogP contribution in [0.2, 0.25) is 0 Å². The Morgan fingerprint density at radius 3 is 2.33 bits per heavy atom. The molecular formula is C19H22O5. The van der Waals surface area contributed by atoms with Crippen LogP contribution in [0.5, 0.6) is 17.2 Å². The van der Waals surface area contributed by atoms with Gasteiger partial charge in [-0.1, -0.05) is 18.2 Å². The molecule has 0 fully saturated rings. The molecule has 0 saturated carbocycles. The zero-order valence-electron chi connectivity index (χ0n) is 14.2. The maximum atomic E-state index is 12.3. The minimum atomic E-state index is -0.426. The molecule has 0 atom stereocenters. The van der Waals surface area contributed by atoms with Crippen molar-refractivity contribution in [1.29, 1.82) is 0 Å². The Morgan fingerprint density at radius 2 is 1.62 bits per heavy atom. The molecule has 0 unspecified atom stereocenters. The zero-order chi connectivity index (χ0) is 17.4. The summed E-state index contributed by atoms with van der Waals surface area (Å²) in [7, 11) is 1.58. The second-order valence-electron chi connectivity index (χ2n) is 4.92. The summed E-state index contributed by atoms with van der Waals surface area (Å²) in [5.74, 6) is 1.41. The normalized spacial score (nSPS) is 10.1. The third kappa shape index (κ3) is 4.41. The highest BCUT2D eigenvalue weighted by molar-refractivity contribution is 5.90. The van der Waals surface area contributed by atoms with Gasteiger partial charge in [0.2, 0.25) is 0 Å². The summed E-state index contributed by atoms with van der Waals surface area (Å²) >= 11 is 0. The molecule has 2 rings (SSSR count). The van der Waals surface area contributed by atoms with Crippen LogP contribution in [-0.4, -0.2) is 26.3 Å². The Balaban J connectivity index is 2.10. The van der Waals surface area contributed by atoms with Gasteiger partial charge in [-0.25, -0.2) is 4.79 Å². The molecule has 128 valence electrons. The van der Waals surface area contributed by atoms with Crippen LogP contribution >= 0.6 is 0 Å². The van der Waals surface area contributed by atoms with Crippen molar-refractivity contribution in [3.63, 3.8) is 0 Å². The third-order valence-corrected chi connectivity index (χ3v) is 3.33. The van der Waals surface area contributed by atoms with E-state index in [1.807, 2.05) is 38.1 Å². The highest BCUT2D eigenvalue weighted by Crippen LogP contribution is 2.29. The van der Waals surface area contributed by atoms with Crippen molar-refractivity contribution in [1.82, 2.24) is 0 Å². The number of hydrogen-bond donors (Lipinski definition) is 0. The van der Waals surface area contributed by atoms with Gasteiger partial charge in [0.15, 0.2) is 11.5 Å². The molecule has 5 nitrogen and oxygen atoms in total. The third-order valence-electron chi connectivity index (χ3n) is 3.33. The van der Waals surface area contributed by atoms with Gasteiger partial charge in [-0.2, -0.15) is 0 Å². The van der Waals surface area contributed by atoms with E-state index in [2.05, 4.69) is 0 Å². The average Bonchev–Trinajstić information content (AvgIpc) is 2.61. The van der Waals surface area contributed by atoms with Gasteiger partial charge < -0.3 is 18.9 Å². The van der Waals surface area contributed by atoms with Gasteiger partial charge in [0.1, 0.15) is 12.4 Å². The second-order valence-corrected chi connectivity index (χ2v) is 4.92. The quantitative estimate of drug-likeness (QED) is 0.688. The van der Waals surface area contributed by atoms with E-state index in [0.29, 0.717) is 36.0 Å². The van der Waals surface area contributed by atoms with Crippen molar-refractivity contribution < 1.29 is 23.7 Å². The number of hydrogen-bond acceptors (Lipinski definition) is 5. The zero-order valence-corrected chi connectivity index (χ0v) is 14.2. The van der Waals surface area contributed by atoms with Crippen LogP contribution in [0.1, 0.15) is 29.8 Å². The highest BCUT2D eigenvalue weighted by Gasteiger charge is 2.13. The lowest BCUT2D eigenvalue weighted by Gasteiger charge is -2.13. The molecule has 0 N–H and O–H groups in total. The van der Waals surface area contributed by atoms with E-state index in [1.165, 1.54) is 0 Å². The number of rotatable bonds is 8. The van der Waals surface area contributed by atoms with Crippen LogP contribution in [0.3, 0.4) is 0 Å². The number of carbonyl (C=O) groups is 1. The summed E-state index contributed by atoms with van der Waals surface area (Å²) in [6.45, 7) is 4.92. The lowest BCUT2D eigenvalue weighted by atomic mass is 10.2. The van der Waals surface area contributed by atoms with Crippen LogP contribution < -0.4 is 14.2 Å². The minimum absolute atomic E-state index is 0.139. The molecule has 0 aromatic heterocycles. The number of ether oxygens (including phenoxy) is 4. The fourth-order valence-electron chi connectivity index (χ4n) is 2.23. The number of benzene rings is 2. The van der Waals surface area contributed by atoms with Crippen molar-refractivity contribution in [2.45, 2.75) is 20.5 Å². The fourth-order valence-corrected chi connectivity index (χ4v) is 2.23. The topological polar surface area (TPSA) is 54.0 Å². The van der Waals surface area contributed by atoms with Crippen molar-refractivity contribution in [3.8, 4) is 17.2 Å². The predicted molar refractivity (Wildman–Crippen MR) is 90.9 cm³/mol. The van der Waals surface area contributed by atoms with Gasteiger partial charge in [0.05, 0.1) is 25.9 Å². The molecule has 5 heteroatoms. The summed E-state index contributed by atoms with van der Waals surface area (Å²) in [6.07, 6.45) is 0. The molecule has 2 aromatic rings. The first-order valence-corrected chi connectivity index (χ1v) is 7.88. The molecule has 0 spiro atoms. The van der Waals surface area contributed by atoms with Gasteiger partial charge >= 0.3 is 5.97 Å². The van der Waals surface area contributed by atoms with Crippen LogP contribution in [0.15, 0.2) is 42.5 Å². The molecule has 2 aromatic carbocycles. The summed E-state index contributed by atoms with van der Waals surface area (Å²) in [5.41, 5.74) is 1.22. The summed E-state index contributed by atoms with van der Waals surface area (Å²) in [4.78, 5) is 12.3. The fraction of sp³-hybridized carbons (Fsp3) is 0.316. The minimum Gasteiger partial charge on any atom is -0.496 e.